The lowest BCUT2D eigenvalue weighted by atomic mass is 10.2. The van der Waals surface area contributed by atoms with Crippen LogP contribution in [-0.2, 0) is 21.1 Å². The largest absolute Gasteiger partial charge is 0.380 e. The highest BCUT2D eigenvalue weighted by Crippen LogP contribution is 2.24. The molecule has 0 aliphatic heterocycles. The molecule has 0 unspecified atom stereocenters. The highest BCUT2D eigenvalue weighted by molar-refractivity contribution is 7.99. The van der Waals surface area contributed by atoms with Crippen LogP contribution in [-0.4, -0.2) is 44.1 Å². The second-order valence-corrected chi connectivity index (χ2v) is 10.8. The van der Waals surface area contributed by atoms with Gasteiger partial charge in [0, 0.05) is 24.3 Å². The Bertz CT molecular complexity index is 1230. The van der Waals surface area contributed by atoms with Gasteiger partial charge in [-0.1, -0.05) is 30.4 Å². The number of rotatable bonds is 8. The van der Waals surface area contributed by atoms with Gasteiger partial charge in [-0.2, -0.15) is 4.99 Å². The molecule has 0 radical (unpaired) electrons. The number of nitrogens with zero attached hydrogens (tertiary/aromatic N) is 2. The molecule has 2 aromatic carbocycles. The zero-order valence-electron chi connectivity index (χ0n) is 17.1. The van der Waals surface area contributed by atoms with Crippen molar-refractivity contribution < 1.29 is 17.9 Å². The van der Waals surface area contributed by atoms with E-state index in [-0.39, 0.29) is 10.8 Å². The van der Waals surface area contributed by atoms with Gasteiger partial charge >= 0.3 is 0 Å². The number of ether oxygens (including phenoxy) is 1. The summed E-state index contributed by atoms with van der Waals surface area (Å²) in [4.78, 5) is 19.1. The van der Waals surface area contributed by atoms with Crippen molar-refractivity contribution in [2.75, 3.05) is 25.2 Å². The molecular formula is C21H24N2O4S3. The van der Waals surface area contributed by atoms with Crippen LogP contribution in [0.2, 0.25) is 0 Å². The van der Waals surface area contributed by atoms with E-state index in [1.807, 2.05) is 36.6 Å². The monoisotopic (exact) mass is 464 g/mol. The van der Waals surface area contributed by atoms with Gasteiger partial charge in [-0.25, -0.2) is 8.42 Å². The summed E-state index contributed by atoms with van der Waals surface area (Å²) in [5, 5.41) is 0. The van der Waals surface area contributed by atoms with Gasteiger partial charge in [0.05, 0.1) is 27.3 Å². The zero-order chi connectivity index (χ0) is 21.7. The summed E-state index contributed by atoms with van der Waals surface area (Å²) in [7, 11) is -3.32. The molecule has 9 heteroatoms. The molecule has 0 spiro atoms. The zero-order valence-corrected chi connectivity index (χ0v) is 19.6. The summed E-state index contributed by atoms with van der Waals surface area (Å²) in [6, 6.07) is 12.4. The predicted molar refractivity (Wildman–Crippen MR) is 122 cm³/mol. The third kappa shape index (κ3) is 5.21. The molecular weight excluding hydrogens is 440 g/mol. The van der Waals surface area contributed by atoms with Gasteiger partial charge in [0.2, 0.25) is 0 Å². The number of amides is 1. The van der Waals surface area contributed by atoms with Crippen LogP contribution in [0.1, 0.15) is 24.2 Å². The van der Waals surface area contributed by atoms with E-state index in [2.05, 4.69) is 4.99 Å². The number of carbonyl (C=O) groups excluding carboxylic acids is 1. The van der Waals surface area contributed by atoms with Gasteiger partial charge in [0.15, 0.2) is 14.6 Å². The fourth-order valence-corrected chi connectivity index (χ4v) is 5.57. The first kappa shape index (κ1) is 22.7. The maximum Gasteiger partial charge on any atom is 0.280 e. The van der Waals surface area contributed by atoms with Crippen molar-refractivity contribution in [3.05, 3.63) is 52.8 Å². The highest BCUT2D eigenvalue weighted by Gasteiger charge is 2.15. The second-order valence-electron chi connectivity index (χ2n) is 6.48. The van der Waals surface area contributed by atoms with Gasteiger partial charge in [0.1, 0.15) is 0 Å². The molecule has 1 heterocycles. The summed E-state index contributed by atoms with van der Waals surface area (Å²) in [5.41, 5.74) is 1.39. The van der Waals surface area contributed by atoms with Crippen molar-refractivity contribution in [1.29, 1.82) is 0 Å². The maximum absolute atomic E-state index is 13.0. The number of hydrogen-bond acceptors (Lipinski definition) is 6. The van der Waals surface area contributed by atoms with Gasteiger partial charge in [-0.15, -0.1) is 11.8 Å². The van der Waals surface area contributed by atoms with E-state index < -0.39 is 9.84 Å². The van der Waals surface area contributed by atoms with E-state index in [4.69, 9.17) is 4.74 Å². The molecule has 1 amide bonds. The third-order valence-electron chi connectivity index (χ3n) is 4.36. The van der Waals surface area contributed by atoms with Crippen molar-refractivity contribution in [3.8, 4) is 0 Å². The topological polar surface area (TPSA) is 77.7 Å². The number of sulfone groups is 1. The van der Waals surface area contributed by atoms with Gasteiger partial charge in [-0.3, -0.25) is 4.79 Å². The van der Waals surface area contributed by atoms with Gasteiger partial charge in [0.25, 0.3) is 5.91 Å². The first-order chi connectivity index (χ1) is 14.3. The minimum absolute atomic E-state index is 0.246. The van der Waals surface area contributed by atoms with Crippen LogP contribution in [0, 0.1) is 0 Å². The minimum atomic E-state index is -3.32. The summed E-state index contributed by atoms with van der Waals surface area (Å²) >= 11 is 2.90. The molecule has 0 fully saturated rings. The van der Waals surface area contributed by atoms with Crippen LogP contribution in [0.5, 0.6) is 0 Å². The van der Waals surface area contributed by atoms with Crippen LogP contribution < -0.4 is 4.80 Å². The van der Waals surface area contributed by atoms with Crippen LogP contribution in [0.3, 0.4) is 0 Å². The lowest BCUT2D eigenvalue weighted by Crippen LogP contribution is -2.20. The van der Waals surface area contributed by atoms with Crippen LogP contribution in [0.4, 0.5) is 0 Å². The summed E-state index contributed by atoms with van der Waals surface area (Å²) < 4.78 is 32.0. The van der Waals surface area contributed by atoms with Gasteiger partial charge < -0.3 is 9.30 Å². The number of benzene rings is 2. The fraction of sp³-hybridized carbons (Fsp3) is 0.333. The molecule has 0 aliphatic rings. The average molecular weight is 465 g/mol. The van der Waals surface area contributed by atoms with Crippen molar-refractivity contribution in [1.82, 2.24) is 4.57 Å². The van der Waals surface area contributed by atoms with Crippen molar-refractivity contribution in [2.45, 2.75) is 30.2 Å². The maximum atomic E-state index is 13.0. The van der Waals surface area contributed by atoms with Gasteiger partial charge in [-0.05, 0) is 43.0 Å². The Labute approximate surface area is 184 Å². The Kier molecular flexibility index (Phi) is 7.51. The minimum Gasteiger partial charge on any atom is -0.380 e. The molecule has 1 aromatic heterocycles. The SMILES string of the molecule is CCOCCn1c(=NC(=O)c2ccccc2SCC)sc2cc(S(C)(=O)=O)ccc21. The first-order valence-corrected chi connectivity index (χ1v) is 13.3. The standard InChI is InChI=1S/C21H24N2O4S3/c1-4-27-13-12-23-17-11-10-15(30(3,25)26)14-19(17)29-21(23)22-20(24)16-8-6-7-9-18(16)28-5-2/h6-11,14H,4-5,12-13H2,1-3H3. The number of thioether (sulfide) groups is 1. The number of carbonyl (C=O) groups is 1. The second kappa shape index (κ2) is 9.91. The molecule has 0 saturated carbocycles. The third-order valence-corrected chi connectivity index (χ3v) is 7.47. The molecule has 0 atom stereocenters. The summed E-state index contributed by atoms with van der Waals surface area (Å²) in [6.45, 7) is 5.54. The number of thiazole rings is 1. The quantitative estimate of drug-likeness (QED) is 0.372. The highest BCUT2D eigenvalue weighted by atomic mass is 32.2. The van der Waals surface area contributed by atoms with Crippen molar-refractivity contribution in [3.63, 3.8) is 0 Å². The Hall–Kier alpha value is -1.94. The van der Waals surface area contributed by atoms with E-state index in [9.17, 15) is 13.2 Å². The lowest BCUT2D eigenvalue weighted by molar-refractivity contribution is 0.0994. The normalized spacial score (nSPS) is 12.6. The molecule has 0 N–H and O–H groups in total. The van der Waals surface area contributed by atoms with E-state index in [0.717, 1.165) is 20.9 Å². The van der Waals surface area contributed by atoms with Crippen LogP contribution >= 0.6 is 23.1 Å². The number of fused-ring (bicyclic) bond motifs is 1. The molecule has 0 bridgehead atoms. The van der Waals surface area contributed by atoms with E-state index in [1.54, 1.807) is 36.0 Å². The molecule has 0 saturated heterocycles. The van der Waals surface area contributed by atoms with Crippen LogP contribution in [0.25, 0.3) is 10.2 Å². The summed E-state index contributed by atoms with van der Waals surface area (Å²) in [5.74, 6) is 0.544. The van der Waals surface area contributed by atoms with E-state index >= 15 is 0 Å². The smallest absolute Gasteiger partial charge is 0.280 e. The Morgan fingerprint density at radius 2 is 1.97 bits per heavy atom. The first-order valence-electron chi connectivity index (χ1n) is 9.57. The Morgan fingerprint density at radius 3 is 2.67 bits per heavy atom. The van der Waals surface area contributed by atoms with Crippen molar-refractivity contribution >= 4 is 49.1 Å². The Balaban J connectivity index is 2.13. The molecule has 6 nitrogen and oxygen atoms in total. The summed E-state index contributed by atoms with van der Waals surface area (Å²) in [6.07, 6.45) is 1.18. The number of aromatic nitrogens is 1. The Morgan fingerprint density at radius 1 is 1.20 bits per heavy atom. The molecule has 3 rings (SSSR count). The molecule has 160 valence electrons. The predicted octanol–water partition coefficient (Wildman–Crippen LogP) is 4.00. The molecule has 3 aromatic rings. The molecule has 30 heavy (non-hydrogen) atoms. The number of hydrogen-bond donors (Lipinski definition) is 0. The molecule has 0 aliphatic carbocycles. The van der Waals surface area contributed by atoms with E-state index in [0.29, 0.717) is 30.1 Å². The van der Waals surface area contributed by atoms with E-state index in [1.165, 1.54) is 17.6 Å². The lowest BCUT2D eigenvalue weighted by Gasteiger charge is -2.07. The van der Waals surface area contributed by atoms with Crippen LogP contribution in [0.15, 0.2) is 57.2 Å². The fourth-order valence-electron chi connectivity index (χ4n) is 2.96. The van der Waals surface area contributed by atoms with Crippen molar-refractivity contribution in [2.24, 2.45) is 4.99 Å². The average Bonchev–Trinajstić information content (AvgIpc) is 3.04.